The molecule has 1 aromatic carbocycles. The zero-order valence-electron chi connectivity index (χ0n) is 14.0. The van der Waals surface area contributed by atoms with E-state index in [1.54, 1.807) is 6.92 Å². The van der Waals surface area contributed by atoms with E-state index < -0.39 is 0 Å². The highest BCUT2D eigenvalue weighted by atomic mass is 79.9. The smallest absolute Gasteiger partial charge is 0.307 e. The Hall–Kier alpha value is -1.36. The summed E-state index contributed by atoms with van der Waals surface area (Å²) in [6.45, 7) is 3.47. The second-order valence-electron chi connectivity index (χ2n) is 6.78. The molecule has 2 atom stereocenters. The Labute approximate surface area is 151 Å². The first-order chi connectivity index (χ1) is 11.6. The van der Waals surface area contributed by atoms with Gasteiger partial charge in [0, 0.05) is 23.5 Å². The molecule has 2 unspecified atom stereocenters. The Morgan fingerprint density at radius 2 is 1.96 bits per heavy atom. The molecule has 5 heteroatoms. The molecule has 0 spiro atoms. The number of hydrogen-bond acceptors (Lipinski definition) is 3. The fourth-order valence-corrected chi connectivity index (χ4v) is 3.41. The lowest BCUT2D eigenvalue weighted by atomic mass is 10.1. The van der Waals surface area contributed by atoms with Gasteiger partial charge in [-0.15, -0.1) is 0 Å². The maximum atomic E-state index is 12.9. The third-order valence-corrected chi connectivity index (χ3v) is 5.31. The van der Waals surface area contributed by atoms with E-state index >= 15 is 0 Å². The maximum Gasteiger partial charge on any atom is 0.307 e. The van der Waals surface area contributed by atoms with Crippen LogP contribution in [0.3, 0.4) is 0 Å². The van der Waals surface area contributed by atoms with Crippen molar-refractivity contribution in [3.8, 4) is 0 Å². The minimum Gasteiger partial charge on any atom is -0.466 e. The van der Waals surface area contributed by atoms with E-state index in [2.05, 4.69) is 28.1 Å². The molecular formula is C19H24BrNO3. The SMILES string of the molecule is CCOC(=O)CCN(CC1CC1)C(=O)C1CC1c1ccc(Br)cc1. The number of rotatable bonds is 8. The minimum atomic E-state index is -0.216. The Balaban J connectivity index is 1.57. The molecule has 0 heterocycles. The van der Waals surface area contributed by atoms with Crippen molar-refractivity contribution in [2.45, 2.75) is 38.5 Å². The van der Waals surface area contributed by atoms with E-state index in [1.807, 2.05) is 17.0 Å². The second kappa shape index (κ2) is 7.68. The van der Waals surface area contributed by atoms with Crippen LogP contribution in [0.5, 0.6) is 0 Å². The van der Waals surface area contributed by atoms with Crippen LogP contribution in [-0.2, 0) is 14.3 Å². The topological polar surface area (TPSA) is 46.6 Å². The van der Waals surface area contributed by atoms with Crippen LogP contribution in [0.1, 0.15) is 44.1 Å². The van der Waals surface area contributed by atoms with E-state index in [4.69, 9.17) is 4.74 Å². The molecule has 2 fully saturated rings. The molecule has 0 N–H and O–H groups in total. The standard InChI is InChI=1S/C19H24BrNO3/c1-2-24-18(22)9-10-21(12-13-3-4-13)19(23)17-11-16(17)14-5-7-15(20)8-6-14/h5-8,13,16-17H,2-4,9-12H2,1H3. The van der Waals surface area contributed by atoms with Gasteiger partial charge in [0.1, 0.15) is 0 Å². The van der Waals surface area contributed by atoms with E-state index in [-0.39, 0.29) is 17.8 Å². The average Bonchev–Trinajstić information content (AvgIpc) is 3.45. The first-order valence-electron chi connectivity index (χ1n) is 8.78. The summed E-state index contributed by atoms with van der Waals surface area (Å²) in [7, 11) is 0. The summed E-state index contributed by atoms with van der Waals surface area (Å²) >= 11 is 3.44. The van der Waals surface area contributed by atoms with Crippen molar-refractivity contribution < 1.29 is 14.3 Å². The van der Waals surface area contributed by atoms with Crippen LogP contribution in [0.15, 0.2) is 28.7 Å². The summed E-state index contributed by atoms with van der Waals surface area (Å²) in [5, 5.41) is 0. The van der Waals surface area contributed by atoms with Gasteiger partial charge in [0.05, 0.1) is 13.0 Å². The maximum absolute atomic E-state index is 12.9. The van der Waals surface area contributed by atoms with E-state index in [9.17, 15) is 9.59 Å². The summed E-state index contributed by atoms with van der Waals surface area (Å²) in [6, 6.07) is 8.23. The van der Waals surface area contributed by atoms with Gasteiger partial charge >= 0.3 is 5.97 Å². The minimum absolute atomic E-state index is 0.0760. The normalized spacial score (nSPS) is 22.1. The molecule has 130 valence electrons. The highest BCUT2D eigenvalue weighted by Gasteiger charge is 2.46. The van der Waals surface area contributed by atoms with Crippen LogP contribution in [0, 0.1) is 11.8 Å². The second-order valence-corrected chi connectivity index (χ2v) is 7.70. The van der Waals surface area contributed by atoms with Crippen molar-refractivity contribution in [1.82, 2.24) is 4.90 Å². The monoisotopic (exact) mass is 393 g/mol. The molecule has 2 aliphatic carbocycles. The van der Waals surface area contributed by atoms with Gasteiger partial charge in [0.25, 0.3) is 0 Å². The van der Waals surface area contributed by atoms with Crippen molar-refractivity contribution in [2.75, 3.05) is 19.7 Å². The first-order valence-corrected chi connectivity index (χ1v) is 9.57. The number of carbonyl (C=O) groups is 2. The molecule has 3 rings (SSSR count). The molecule has 0 bridgehead atoms. The first kappa shape index (κ1) is 17.5. The molecule has 2 aliphatic rings. The lowest BCUT2D eigenvalue weighted by Gasteiger charge is -2.22. The van der Waals surface area contributed by atoms with E-state index in [0.29, 0.717) is 31.4 Å². The van der Waals surface area contributed by atoms with Gasteiger partial charge in [-0.05, 0) is 55.7 Å². The molecular weight excluding hydrogens is 370 g/mol. The van der Waals surface area contributed by atoms with Crippen LogP contribution in [-0.4, -0.2) is 36.5 Å². The number of amides is 1. The summed E-state index contributed by atoms with van der Waals surface area (Å²) < 4.78 is 6.04. The Morgan fingerprint density at radius 1 is 1.25 bits per heavy atom. The largest absolute Gasteiger partial charge is 0.466 e. The Bertz CT molecular complexity index is 597. The third-order valence-electron chi connectivity index (χ3n) is 4.78. The number of benzene rings is 1. The van der Waals surface area contributed by atoms with Crippen molar-refractivity contribution in [3.05, 3.63) is 34.3 Å². The van der Waals surface area contributed by atoms with Crippen molar-refractivity contribution in [2.24, 2.45) is 11.8 Å². The third kappa shape index (κ3) is 4.59. The van der Waals surface area contributed by atoms with E-state index in [1.165, 1.54) is 18.4 Å². The van der Waals surface area contributed by atoms with Gasteiger partial charge in [-0.1, -0.05) is 28.1 Å². The Kier molecular flexibility index (Phi) is 5.59. The highest BCUT2D eigenvalue weighted by molar-refractivity contribution is 9.10. The number of ether oxygens (including phenoxy) is 1. The summed E-state index contributed by atoms with van der Waals surface area (Å²) in [4.78, 5) is 26.4. The fourth-order valence-electron chi connectivity index (χ4n) is 3.14. The zero-order chi connectivity index (χ0) is 17.1. The lowest BCUT2D eigenvalue weighted by molar-refractivity contribution is -0.144. The molecule has 0 radical (unpaired) electrons. The van der Waals surface area contributed by atoms with E-state index in [0.717, 1.165) is 17.4 Å². The molecule has 0 aromatic heterocycles. The highest BCUT2D eigenvalue weighted by Crippen LogP contribution is 2.49. The van der Waals surface area contributed by atoms with Gasteiger partial charge in [-0.2, -0.15) is 0 Å². The molecule has 4 nitrogen and oxygen atoms in total. The predicted molar refractivity (Wildman–Crippen MR) is 95.5 cm³/mol. The molecule has 0 aliphatic heterocycles. The number of carbonyl (C=O) groups excluding carboxylic acids is 2. The van der Waals surface area contributed by atoms with Gasteiger partial charge in [0.2, 0.25) is 5.91 Å². The number of esters is 1. The number of halogens is 1. The van der Waals surface area contributed by atoms with Gasteiger partial charge in [-0.25, -0.2) is 0 Å². The predicted octanol–water partition coefficient (Wildman–Crippen LogP) is 3.74. The summed E-state index contributed by atoms with van der Waals surface area (Å²) in [5.74, 6) is 1.02. The quantitative estimate of drug-likeness (QED) is 0.631. The molecule has 24 heavy (non-hydrogen) atoms. The average molecular weight is 394 g/mol. The molecule has 1 aromatic rings. The van der Waals surface area contributed by atoms with Gasteiger partial charge in [-0.3, -0.25) is 9.59 Å². The van der Waals surface area contributed by atoms with Crippen LogP contribution in [0.2, 0.25) is 0 Å². The number of hydrogen-bond donors (Lipinski definition) is 0. The Morgan fingerprint density at radius 3 is 2.58 bits per heavy atom. The van der Waals surface area contributed by atoms with Crippen molar-refractivity contribution in [1.29, 1.82) is 0 Å². The molecule has 1 amide bonds. The van der Waals surface area contributed by atoms with Gasteiger partial charge in [0.15, 0.2) is 0 Å². The van der Waals surface area contributed by atoms with Crippen molar-refractivity contribution >= 4 is 27.8 Å². The van der Waals surface area contributed by atoms with Gasteiger partial charge < -0.3 is 9.64 Å². The van der Waals surface area contributed by atoms with Crippen molar-refractivity contribution in [3.63, 3.8) is 0 Å². The fraction of sp³-hybridized carbons (Fsp3) is 0.579. The zero-order valence-corrected chi connectivity index (χ0v) is 15.6. The molecule has 2 saturated carbocycles. The van der Waals surface area contributed by atoms with Crippen LogP contribution >= 0.6 is 15.9 Å². The summed E-state index contributed by atoms with van der Waals surface area (Å²) in [5.41, 5.74) is 1.23. The molecule has 0 saturated heterocycles. The van der Waals surface area contributed by atoms with Crippen LogP contribution in [0.25, 0.3) is 0 Å². The lowest BCUT2D eigenvalue weighted by Crippen LogP contribution is -2.36. The van der Waals surface area contributed by atoms with Crippen LogP contribution in [0.4, 0.5) is 0 Å². The van der Waals surface area contributed by atoms with Crippen LogP contribution < -0.4 is 0 Å². The summed E-state index contributed by atoms with van der Waals surface area (Å²) in [6.07, 6.45) is 3.61. The number of nitrogens with zero attached hydrogens (tertiary/aromatic N) is 1.